The molecule has 1 heterocycles. The molecule has 3 rings (SSSR count). The molecule has 0 aliphatic heterocycles. The smallest absolute Gasteiger partial charge is 0.224 e. The summed E-state index contributed by atoms with van der Waals surface area (Å²) in [6.45, 7) is 0. The van der Waals surface area contributed by atoms with E-state index in [2.05, 4.69) is 26.7 Å². The van der Waals surface area contributed by atoms with Crippen molar-refractivity contribution < 1.29 is 0 Å². The quantitative estimate of drug-likeness (QED) is 0.833. The summed E-state index contributed by atoms with van der Waals surface area (Å²) in [5.41, 5.74) is 0.989. The van der Waals surface area contributed by atoms with Gasteiger partial charge in [-0.3, -0.25) is 0 Å². The van der Waals surface area contributed by atoms with Crippen molar-refractivity contribution in [3.8, 4) is 0 Å². The highest BCUT2D eigenvalue weighted by atomic mass is 15.1. The molecule has 0 amide bonds. The molecule has 4 nitrogen and oxygen atoms in total. The molecule has 2 N–H and O–H groups in total. The summed E-state index contributed by atoms with van der Waals surface area (Å²) in [5, 5.41) is 7.80. The number of benzene rings is 1. The Hall–Kier alpha value is -1.84. The lowest BCUT2D eigenvalue weighted by Gasteiger charge is -2.18. The number of para-hydroxylation sites is 1. The van der Waals surface area contributed by atoms with Crippen molar-refractivity contribution >= 4 is 22.7 Å². The van der Waals surface area contributed by atoms with Gasteiger partial charge in [0.2, 0.25) is 5.95 Å². The van der Waals surface area contributed by atoms with E-state index in [1.165, 1.54) is 38.5 Å². The summed E-state index contributed by atoms with van der Waals surface area (Å²) in [4.78, 5) is 9.11. The Morgan fingerprint density at radius 3 is 2.50 bits per heavy atom. The molecule has 2 aromatic rings. The Morgan fingerprint density at radius 1 is 1.00 bits per heavy atom. The van der Waals surface area contributed by atoms with Gasteiger partial charge in [0, 0.05) is 18.5 Å². The van der Waals surface area contributed by atoms with Crippen molar-refractivity contribution in [1.82, 2.24) is 9.97 Å². The van der Waals surface area contributed by atoms with Gasteiger partial charge in [0.15, 0.2) is 0 Å². The number of nitrogens with one attached hydrogen (secondary N) is 2. The molecule has 106 valence electrons. The summed E-state index contributed by atoms with van der Waals surface area (Å²) in [5.74, 6) is 1.65. The van der Waals surface area contributed by atoms with Crippen LogP contribution in [0, 0.1) is 0 Å². The molecule has 0 saturated heterocycles. The van der Waals surface area contributed by atoms with Crippen LogP contribution in [0.5, 0.6) is 0 Å². The lowest BCUT2D eigenvalue weighted by Crippen LogP contribution is -2.19. The highest BCUT2D eigenvalue weighted by molar-refractivity contribution is 5.90. The third-order valence-corrected chi connectivity index (χ3v) is 4.02. The number of anilines is 2. The maximum absolute atomic E-state index is 4.61. The number of fused-ring (bicyclic) bond motifs is 1. The van der Waals surface area contributed by atoms with Gasteiger partial charge in [-0.15, -0.1) is 0 Å². The molecule has 1 aromatic carbocycles. The van der Waals surface area contributed by atoms with Crippen molar-refractivity contribution in [2.75, 3.05) is 17.7 Å². The van der Waals surface area contributed by atoms with Crippen molar-refractivity contribution in [3.63, 3.8) is 0 Å². The van der Waals surface area contributed by atoms with Gasteiger partial charge >= 0.3 is 0 Å². The van der Waals surface area contributed by atoms with E-state index < -0.39 is 0 Å². The predicted octanol–water partition coefficient (Wildman–Crippen LogP) is 3.81. The van der Waals surface area contributed by atoms with Crippen LogP contribution in [0.25, 0.3) is 10.9 Å². The van der Waals surface area contributed by atoms with Crippen LogP contribution in [0.1, 0.15) is 38.5 Å². The van der Waals surface area contributed by atoms with Gasteiger partial charge < -0.3 is 10.6 Å². The van der Waals surface area contributed by atoms with E-state index in [0.29, 0.717) is 12.0 Å². The average molecular weight is 270 g/mol. The molecule has 1 aliphatic rings. The fourth-order valence-electron chi connectivity index (χ4n) is 2.92. The molecule has 1 aliphatic carbocycles. The zero-order valence-corrected chi connectivity index (χ0v) is 12.0. The molecule has 0 atom stereocenters. The molecular formula is C16H22N4. The molecule has 0 bridgehead atoms. The van der Waals surface area contributed by atoms with Crippen LogP contribution in [-0.4, -0.2) is 23.1 Å². The fraction of sp³-hybridized carbons (Fsp3) is 0.500. The minimum atomic E-state index is 0.542. The topological polar surface area (TPSA) is 49.8 Å². The lowest BCUT2D eigenvalue weighted by molar-refractivity contribution is 0.618. The van der Waals surface area contributed by atoms with Gasteiger partial charge in [-0.25, -0.2) is 4.98 Å². The van der Waals surface area contributed by atoms with Gasteiger partial charge in [0.1, 0.15) is 5.82 Å². The molecule has 0 unspecified atom stereocenters. The van der Waals surface area contributed by atoms with Crippen molar-refractivity contribution in [1.29, 1.82) is 0 Å². The minimum absolute atomic E-state index is 0.542. The Balaban J connectivity index is 1.92. The fourth-order valence-corrected chi connectivity index (χ4v) is 2.92. The number of rotatable bonds is 3. The monoisotopic (exact) mass is 270 g/mol. The maximum Gasteiger partial charge on any atom is 0.224 e. The van der Waals surface area contributed by atoms with Crippen LogP contribution in [0.15, 0.2) is 24.3 Å². The van der Waals surface area contributed by atoms with Crippen molar-refractivity contribution in [3.05, 3.63) is 24.3 Å². The molecule has 20 heavy (non-hydrogen) atoms. The van der Waals surface area contributed by atoms with Gasteiger partial charge in [-0.05, 0) is 25.0 Å². The summed E-state index contributed by atoms with van der Waals surface area (Å²) >= 11 is 0. The number of aromatic nitrogens is 2. The summed E-state index contributed by atoms with van der Waals surface area (Å²) < 4.78 is 0. The van der Waals surface area contributed by atoms with E-state index in [1.807, 2.05) is 25.2 Å². The van der Waals surface area contributed by atoms with E-state index in [4.69, 9.17) is 0 Å². The average Bonchev–Trinajstić information content (AvgIpc) is 2.75. The molecule has 1 fully saturated rings. The zero-order valence-electron chi connectivity index (χ0n) is 12.0. The summed E-state index contributed by atoms with van der Waals surface area (Å²) in [6.07, 6.45) is 7.86. The number of nitrogens with zero attached hydrogens (tertiary/aromatic N) is 2. The second-order valence-electron chi connectivity index (χ2n) is 5.50. The highest BCUT2D eigenvalue weighted by Gasteiger charge is 2.14. The summed E-state index contributed by atoms with van der Waals surface area (Å²) in [6, 6.07) is 8.73. The summed E-state index contributed by atoms with van der Waals surface area (Å²) in [7, 11) is 1.86. The highest BCUT2D eigenvalue weighted by Crippen LogP contribution is 2.25. The van der Waals surface area contributed by atoms with Gasteiger partial charge in [0.05, 0.1) is 5.52 Å². The van der Waals surface area contributed by atoms with Crippen LogP contribution in [0.2, 0.25) is 0 Å². The van der Waals surface area contributed by atoms with Crippen LogP contribution in [0.3, 0.4) is 0 Å². The first-order chi connectivity index (χ1) is 9.86. The normalized spacial score (nSPS) is 16.9. The maximum atomic E-state index is 4.61. The third kappa shape index (κ3) is 2.84. The first-order valence-corrected chi connectivity index (χ1v) is 7.58. The largest absolute Gasteiger partial charge is 0.367 e. The Kier molecular flexibility index (Phi) is 4.00. The zero-order chi connectivity index (χ0) is 13.8. The molecule has 1 saturated carbocycles. The van der Waals surface area contributed by atoms with E-state index in [0.717, 1.165) is 16.7 Å². The van der Waals surface area contributed by atoms with Crippen LogP contribution >= 0.6 is 0 Å². The van der Waals surface area contributed by atoms with Gasteiger partial charge in [-0.2, -0.15) is 4.98 Å². The van der Waals surface area contributed by atoms with Crippen molar-refractivity contribution in [2.24, 2.45) is 0 Å². The Bertz CT molecular complexity index is 574. The second-order valence-corrected chi connectivity index (χ2v) is 5.50. The Morgan fingerprint density at radius 2 is 1.75 bits per heavy atom. The van der Waals surface area contributed by atoms with Crippen molar-refractivity contribution in [2.45, 2.75) is 44.6 Å². The molecular weight excluding hydrogens is 248 g/mol. The number of hydrogen-bond acceptors (Lipinski definition) is 4. The minimum Gasteiger partial charge on any atom is -0.367 e. The molecule has 4 heteroatoms. The van der Waals surface area contributed by atoms with Gasteiger partial charge in [-0.1, -0.05) is 37.8 Å². The first-order valence-electron chi connectivity index (χ1n) is 7.58. The second kappa shape index (κ2) is 6.07. The van der Waals surface area contributed by atoms with Crippen LogP contribution in [0.4, 0.5) is 11.8 Å². The van der Waals surface area contributed by atoms with E-state index >= 15 is 0 Å². The number of hydrogen-bond donors (Lipinski definition) is 2. The SMILES string of the molecule is CNc1nc(NC2CCCCCC2)c2ccccc2n1. The predicted molar refractivity (Wildman–Crippen MR) is 84.2 cm³/mol. The molecule has 0 spiro atoms. The standard InChI is InChI=1S/C16H22N4/c1-17-16-19-14-11-7-6-10-13(14)15(20-16)18-12-8-4-2-3-5-9-12/h6-7,10-12H,2-5,8-9H2,1H3,(H2,17,18,19,20). The van der Waals surface area contributed by atoms with E-state index in [-0.39, 0.29) is 0 Å². The lowest BCUT2D eigenvalue weighted by atomic mass is 10.1. The third-order valence-electron chi connectivity index (χ3n) is 4.02. The van der Waals surface area contributed by atoms with Crippen LogP contribution < -0.4 is 10.6 Å². The van der Waals surface area contributed by atoms with E-state index in [9.17, 15) is 0 Å². The van der Waals surface area contributed by atoms with Gasteiger partial charge in [0.25, 0.3) is 0 Å². The first kappa shape index (κ1) is 13.2. The van der Waals surface area contributed by atoms with Crippen LogP contribution in [-0.2, 0) is 0 Å². The molecule has 0 radical (unpaired) electrons. The van der Waals surface area contributed by atoms with E-state index in [1.54, 1.807) is 0 Å². The Labute approximate surface area is 120 Å². The molecule has 1 aromatic heterocycles.